The van der Waals surface area contributed by atoms with Crippen LogP contribution in [-0.4, -0.2) is 14.1 Å². The fourth-order valence-electron chi connectivity index (χ4n) is 1.04. The van der Waals surface area contributed by atoms with E-state index in [4.69, 9.17) is 5.73 Å². The fraction of sp³-hybridized carbons (Fsp3) is 0.333. The summed E-state index contributed by atoms with van der Waals surface area (Å²) in [5.41, 5.74) is 7.72. The summed E-state index contributed by atoms with van der Waals surface area (Å²) in [6.45, 7) is 1.06. The second kappa shape index (κ2) is 3.39. The van der Waals surface area contributed by atoms with Crippen LogP contribution in [0.1, 0.15) is 5.56 Å². The van der Waals surface area contributed by atoms with E-state index in [-0.39, 0.29) is 0 Å². The molecule has 1 aromatic rings. The molecule has 0 aliphatic rings. The Morgan fingerprint density at radius 2 is 1.73 bits per heavy atom. The van der Waals surface area contributed by atoms with Crippen LogP contribution >= 0.6 is 0 Å². The van der Waals surface area contributed by atoms with Crippen LogP contribution in [0.4, 0.5) is 5.69 Å². The lowest BCUT2D eigenvalue weighted by molar-refractivity contribution is -0.872. The van der Waals surface area contributed by atoms with Gasteiger partial charge in [0.05, 0.1) is 14.1 Å². The fourth-order valence-corrected chi connectivity index (χ4v) is 1.04. The van der Waals surface area contributed by atoms with Crippen LogP contribution in [0.15, 0.2) is 24.3 Å². The number of nitrogen functional groups attached to an aromatic ring is 1. The van der Waals surface area contributed by atoms with Gasteiger partial charge in [-0.2, -0.15) is 0 Å². The molecule has 60 valence electrons. The normalized spacial score (nSPS) is 10.5. The lowest BCUT2D eigenvalue weighted by Crippen LogP contribution is -3.04. The highest BCUT2D eigenvalue weighted by Gasteiger charge is 1.95. The minimum absolute atomic E-state index is 0.836. The van der Waals surface area contributed by atoms with E-state index in [1.807, 2.05) is 12.1 Å². The van der Waals surface area contributed by atoms with E-state index in [1.54, 1.807) is 0 Å². The first-order valence-corrected chi connectivity index (χ1v) is 3.82. The Morgan fingerprint density at radius 1 is 1.18 bits per heavy atom. The molecule has 0 fully saturated rings. The van der Waals surface area contributed by atoms with Gasteiger partial charge in [0.2, 0.25) is 0 Å². The zero-order valence-corrected chi connectivity index (χ0v) is 7.09. The molecule has 0 spiro atoms. The second-order valence-corrected chi connectivity index (χ2v) is 3.13. The van der Waals surface area contributed by atoms with Gasteiger partial charge in [-0.3, -0.25) is 0 Å². The van der Waals surface area contributed by atoms with Crippen molar-refractivity contribution in [1.82, 2.24) is 0 Å². The summed E-state index contributed by atoms with van der Waals surface area (Å²) < 4.78 is 0. The van der Waals surface area contributed by atoms with Crippen molar-refractivity contribution >= 4 is 5.69 Å². The predicted molar refractivity (Wildman–Crippen MR) is 47.4 cm³/mol. The molecule has 0 atom stereocenters. The summed E-state index contributed by atoms with van der Waals surface area (Å²) >= 11 is 0. The summed E-state index contributed by atoms with van der Waals surface area (Å²) in [6.07, 6.45) is 0. The van der Waals surface area contributed by atoms with E-state index in [9.17, 15) is 0 Å². The Labute approximate surface area is 67.6 Å². The molecule has 0 aliphatic carbocycles. The summed E-state index contributed by atoms with van der Waals surface area (Å²) in [4.78, 5) is 1.43. The maximum Gasteiger partial charge on any atom is 0.102 e. The highest BCUT2D eigenvalue weighted by molar-refractivity contribution is 5.38. The van der Waals surface area contributed by atoms with Gasteiger partial charge in [-0.15, -0.1) is 0 Å². The number of nitrogens with one attached hydrogen (secondary N) is 1. The number of quaternary nitrogens is 1. The lowest BCUT2D eigenvalue weighted by Gasteiger charge is -2.06. The highest BCUT2D eigenvalue weighted by atomic mass is 15.0. The maximum atomic E-state index is 5.55. The van der Waals surface area contributed by atoms with E-state index in [0.717, 1.165) is 12.2 Å². The first-order valence-electron chi connectivity index (χ1n) is 3.82. The molecule has 0 unspecified atom stereocenters. The molecule has 2 nitrogen and oxygen atoms in total. The van der Waals surface area contributed by atoms with Crippen LogP contribution in [0, 0.1) is 0 Å². The SMILES string of the molecule is C[NH+](C)Cc1ccc(N)cc1. The molecule has 1 rings (SSSR count). The van der Waals surface area contributed by atoms with Gasteiger partial charge in [-0.05, 0) is 12.1 Å². The number of benzene rings is 1. The van der Waals surface area contributed by atoms with Crippen LogP contribution in [0.2, 0.25) is 0 Å². The van der Waals surface area contributed by atoms with Crippen molar-refractivity contribution in [2.45, 2.75) is 6.54 Å². The van der Waals surface area contributed by atoms with Gasteiger partial charge in [0.15, 0.2) is 0 Å². The van der Waals surface area contributed by atoms with Crippen molar-refractivity contribution in [3.8, 4) is 0 Å². The Balaban J connectivity index is 2.66. The van der Waals surface area contributed by atoms with Gasteiger partial charge >= 0.3 is 0 Å². The van der Waals surface area contributed by atoms with E-state index in [0.29, 0.717) is 0 Å². The molecule has 11 heavy (non-hydrogen) atoms. The molecular weight excluding hydrogens is 136 g/mol. The quantitative estimate of drug-likeness (QED) is 0.569. The Bertz CT molecular complexity index is 214. The van der Waals surface area contributed by atoms with Crippen LogP contribution in [0.3, 0.4) is 0 Å². The van der Waals surface area contributed by atoms with Gasteiger partial charge in [0.1, 0.15) is 6.54 Å². The largest absolute Gasteiger partial charge is 0.399 e. The number of nitrogens with two attached hydrogens (primary N) is 1. The summed E-state index contributed by atoms with van der Waals surface area (Å²) in [5.74, 6) is 0. The zero-order chi connectivity index (χ0) is 8.27. The van der Waals surface area contributed by atoms with Crippen molar-refractivity contribution in [2.75, 3.05) is 19.8 Å². The third kappa shape index (κ3) is 2.60. The third-order valence-corrected chi connectivity index (χ3v) is 1.54. The standard InChI is InChI=1S/C9H14N2/c1-11(2)7-8-3-5-9(10)6-4-8/h3-6H,7,10H2,1-2H3/p+1. The summed E-state index contributed by atoms with van der Waals surface area (Å²) in [5, 5.41) is 0. The maximum absolute atomic E-state index is 5.55. The van der Waals surface area contributed by atoms with Crippen molar-refractivity contribution in [2.24, 2.45) is 0 Å². The molecular formula is C9H15N2+. The van der Waals surface area contributed by atoms with Crippen molar-refractivity contribution in [3.05, 3.63) is 29.8 Å². The van der Waals surface area contributed by atoms with Gasteiger partial charge in [-0.25, -0.2) is 0 Å². The molecule has 0 saturated heterocycles. The third-order valence-electron chi connectivity index (χ3n) is 1.54. The first-order chi connectivity index (χ1) is 5.18. The molecule has 0 saturated carbocycles. The minimum atomic E-state index is 0.836. The van der Waals surface area contributed by atoms with Crippen LogP contribution in [0.25, 0.3) is 0 Å². The average molecular weight is 151 g/mol. The molecule has 0 bridgehead atoms. The second-order valence-electron chi connectivity index (χ2n) is 3.13. The summed E-state index contributed by atoms with van der Waals surface area (Å²) in [6, 6.07) is 8.03. The summed E-state index contributed by atoms with van der Waals surface area (Å²) in [7, 11) is 4.27. The zero-order valence-electron chi connectivity index (χ0n) is 7.09. The molecule has 0 heterocycles. The first kappa shape index (κ1) is 8.08. The van der Waals surface area contributed by atoms with E-state index >= 15 is 0 Å². The molecule has 2 heteroatoms. The average Bonchev–Trinajstić information content (AvgIpc) is 1.93. The Morgan fingerprint density at radius 3 is 2.18 bits per heavy atom. The molecule has 0 amide bonds. The Kier molecular flexibility index (Phi) is 2.49. The monoisotopic (exact) mass is 151 g/mol. The van der Waals surface area contributed by atoms with Crippen molar-refractivity contribution < 1.29 is 4.90 Å². The molecule has 0 radical (unpaired) electrons. The molecule has 3 N–H and O–H groups in total. The molecule has 0 aliphatic heterocycles. The van der Waals surface area contributed by atoms with E-state index in [1.165, 1.54) is 10.5 Å². The van der Waals surface area contributed by atoms with E-state index < -0.39 is 0 Å². The van der Waals surface area contributed by atoms with Crippen LogP contribution < -0.4 is 10.6 Å². The smallest absolute Gasteiger partial charge is 0.102 e. The minimum Gasteiger partial charge on any atom is -0.399 e. The van der Waals surface area contributed by atoms with Gasteiger partial charge < -0.3 is 10.6 Å². The van der Waals surface area contributed by atoms with Crippen LogP contribution in [-0.2, 0) is 6.54 Å². The Hall–Kier alpha value is -1.02. The number of hydrogen-bond acceptors (Lipinski definition) is 1. The van der Waals surface area contributed by atoms with Gasteiger partial charge in [-0.1, -0.05) is 12.1 Å². The van der Waals surface area contributed by atoms with Crippen molar-refractivity contribution in [1.29, 1.82) is 0 Å². The van der Waals surface area contributed by atoms with Gasteiger partial charge in [0, 0.05) is 11.3 Å². The van der Waals surface area contributed by atoms with Crippen molar-refractivity contribution in [3.63, 3.8) is 0 Å². The topological polar surface area (TPSA) is 30.5 Å². The number of hydrogen-bond donors (Lipinski definition) is 2. The van der Waals surface area contributed by atoms with Gasteiger partial charge in [0.25, 0.3) is 0 Å². The highest BCUT2D eigenvalue weighted by Crippen LogP contribution is 2.03. The molecule has 1 aromatic carbocycles. The molecule has 0 aromatic heterocycles. The number of anilines is 1. The number of rotatable bonds is 2. The van der Waals surface area contributed by atoms with Crippen LogP contribution in [0.5, 0.6) is 0 Å². The lowest BCUT2D eigenvalue weighted by atomic mass is 10.2. The predicted octanol–water partition coefficient (Wildman–Crippen LogP) is -0.0867. The van der Waals surface area contributed by atoms with E-state index in [2.05, 4.69) is 26.2 Å².